The quantitative estimate of drug-likeness (QED) is 0.878. The maximum atomic E-state index is 10.3. The summed E-state index contributed by atoms with van der Waals surface area (Å²) in [4.78, 5) is 4.79. The van der Waals surface area contributed by atoms with E-state index in [2.05, 4.69) is 18.0 Å². The van der Waals surface area contributed by atoms with Crippen LogP contribution in [0.15, 0.2) is 11.7 Å². The molecule has 0 spiro atoms. The highest BCUT2D eigenvalue weighted by atomic mass is 32.1. The van der Waals surface area contributed by atoms with Crippen LogP contribution >= 0.6 is 11.3 Å². The lowest BCUT2D eigenvalue weighted by Gasteiger charge is -2.26. The predicted molar refractivity (Wildman–Crippen MR) is 62.8 cm³/mol. The van der Waals surface area contributed by atoms with Crippen molar-refractivity contribution >= 4 is 11.3 Å². The fourth-order valence-corrected chi connectivity index (χ4v) is 3.29. The summed E-state index contributed by atoms with van der Waals surface area (Å²) in [5, 5.41) is 19.7. The van der Waals surface area contributed by atoms with Crippen LogP contribution in [-0.4, -0.2) is 10.1 Å². The number of hydrogen-bond donors (Lipinski definition) is 1. The standard InChI is InChI=1S/C12H16N2OS/c1-2-9-3-4-12(5-9,7-13)11(15)10-6-14-8-16-10/h6,8-9,11,15H,2-5H2,1H3. The SMILES string of the molecule is CCC1CCC(C#N)(C(O)c2cncs2)C1. The van der Waals surface area contributed by atoms with E-state index in [0.717, 1.165) is 30.6 Å². The third-order valence-corrected chi connectivity index (χ3v) is 4.52. The summed E-state index contributed by atoms with van der Waals surface area (Å²) in [6.07, 6.45) is 4.79. The molecule has 16 heavy (non-hydrogen) atoms. The highest BCUT2D eigenvalue weighted by molar-refractivity contribution is 7.09. The zero-order chi connectivity index (χ0) is 11.6. The van der Waals surface area contributed by atoms with Crippen LogP contribution in [0.2, 0.25) is 0 Å². The van der Waals surface area contributed by atoms with E-state index in [1.807, 2.05) is 0 Å². The highest BCUT2D eigenvalue weighted by Gasteiger charge is 2.45. The van der Waals surface area contributed by atoms with Gasteiger partial charge >= 0.3 is 0 Å². The summed E-state index contributed by atoms with van der Waals surface area (Å²) in [5.41, 5.74) is 1.13. The van der Waals surface area contributed by atoms with Gasteiger partial charge in [0.2, 0.25) is 0 Å². The Morgan fingerprint density at radius 2 is 2.62 bits per heavy atom. The molecule has 0 amide bonds. The molecule has 1 aliphatic carbocycles. The van der Waals surface area contributed by atoms with Crippen molar-refractivity contribution in [2.45, 2.75) is 38.7 Å². The van der Waals surface area contributed by atoms with Crippen molar-refractivity contribution in [2.24, 2.45) is 11.3 Å². The van der Waals surface area contributed by atoms with Crippen molar-refractivity contribution in [1.29, 1.82) is 5.26 Å². The molecule has 0 aromatic carbocycles. The molecule has 86 valence electrons. The van der Waals surface area contributed by atoms with Gasteiger partial charge in [-0.3, -0.25) is 4.98 Å². The van der Waals surface area contributed by atoms with E-state index in [0.29, 0.717) is 5.92 Å². The van der Waals surface area contributed by atoms with Gasteiger partial charge in [-0.05, 0) is 25.2 Å². The van der Waals surface area contributed by atoms with Gasteiger partial charge in [0, 0.05) is 6.20 Å². The predicted octanol–water partition coefficient (Wildman–Crippen LogP) is 2.90. The monoisotopic (exact) mass is 236 g/mol. The number of aliphatic hydroxyl groups excluding tert-OH is 1. The number of aromatic nitrogens is 1. The van der Waals surface area contributed by atoms with Crippen molar-refractivity contribution in [3.05, 3.63) is 16.6 Å². The van der Waals surface area contributed by atoms with Gasteiger partial charge in [0.25, 0.3) is 0 Å². The topological polar surface area (TPSA) is 56.9 Å². The molecule has 3 unspecified atom stereocenters. The highest BCUT2D eigenvalue weighted by Crippen LogP contribution is 2.50. The zero-order valence-electron chi connectivity index (χ0n) is 9.39. The van der Waals surface area contributed by atoms with Crippen LogP contribution in [0.25, 0.3) is 0 Å². The Morgan fingerprint density at radius 1 is 1.81 bits per heavy atom. The number of aliphatic hydroxyl groups is 1. The van der Waals surface area contributed by atoms with Gasteiger partial charge in [-0.25, -0.2) is 0 Å². The first-order valence-electron chi connectivity index (χ1n) is 5.69. The lowest BCUT2D eigenvalue weighted by Crippen LogP contribution is -2.24. The Labute approximate surface area is 99.8 Å². The molecule has 1 aromatic heterocycles. The van der Waals surface area contributed by atoms with Crippen molar-refractivity contribution in [2.75, 3.05) is 0 Å². The first-order chi connectivity index (χ1) is 7.72. The second-order valence-corrected chi connectivity index (χ2v) is 5.51. The minimum absolute atomic E-state index is 0.576. The normalized spacial score (nSPS) is 31.2. The molecule has 0 radical (unpaired) electrons. The lowest BCUT2D eigenvalue weighted by atomic mass is 9.80. The largest absolute Gasteiger partial charge is 0.386 e. The van der Waals surface area contributed by atoms with E-state index in [1.165, 1.54) is 11.3 Å². The minimum atomic E-state index is -0.665. The first kappa shape index (κ1) is 11.6. The molecule has 3 nitrogen and oxygen atoms in total. The fourth-order valence-electron chi connectivity index (χ4n) is 2.57. The smallest absolute Gasteiger partial charge is 0.108 e. The van der Waals surface area contributed by atoms with Crippen molar-refractivity contribution in [3.63, 3.8) is 0 Å². The molecule has 0 bridgehead atoms. The van der Waals surface area contributed by atoms with Crippen LogP contribution in [0.1, 0.15) is 43.6 Å². The molecule has 1 heterocycles. The van der Waals surface area contributed by atoms with E-state index in [9.17, 15) is 10.4 Å². The minimum Gasteiger partial charge on any atom is -0.386 e. The van der Waals surface area contributed by atoms with Gasteiger partial charge in [-0.15, -0.1) is 11.3 Å². The summed E-state index contributed by atoms with van der Waals surface area (Å²) in [6.45, 7) is 2.15. The summed E-state index contributed by atoms with van der Waals surface area (Å²) in [6, 6.07) is 2.36. The number of nitriles is 1. The van der Waals surface area contributed by atoms with Gasteiger partial charge in [0.05, 0.1) is 21.9 Å². The Kier molecular flexibility index (Phi) is 3.27. The number of rotatable bonds is 3. The summed E-state index contributed by atoms with van der Waals surface area (Å²) >= 11 is 1.43. The third kappa shape index (κ3) is 1.85. The Bertz CT molecular complexity index is 384. The van der Waals surface area contributed by atoms with Gasteiger partial charge in [-0.2, -0.15) is 5.26 Å². The van der Waals surface area contributed by atoms with Crippen LogP contribution < -0.4 is 0 Å². The zero-order valence-corrected chi connectivity index (χ0v) is 10.2. The van der Waals surface area contributed by atoms with E-state index in [-0.39, 0.29) is 0 Å². The van der Waals surface area contributed by atoms with Gasteiger partial charge in [0.1, 0.15) is 6.10 Å². The molecular weight excluding hydrogens is 220 g/mol. The van der Waals surface area contributed by atoms with E-state index >= 15 is 0 Å². The molecule has 4 heteroatoms. The van der Waals surface area contributed by atoms with Crippen molar-refractivity contribution < 1.29 is 5.11 Å². The maximum Gasteiger partial charge on any atom is 0.108 e. The molecule has 1 aliphatic rings. The first-order valence-corrected chi connectivity index (χ1v) is 6.57. The fraction of sp³-hybridized carbons (Fsp3) is 0.667. The van der Waals surface area contributed by atoms with Crippen LogP contribution in [0, 0.1) is 22.7 Å². The Hall–Kier alpha value is -0.920. The van der Waals surface area contributed by atoms with Crippen LogP contribution in [0.3, 0.4) is 0 Å². The number of nitrogens with zero attached hydrogens (tertiary/aromatic N) is 2. The Balaban J connectivity index is 2.20. The molecule has 3 atom stereocenters. The van der Waals surface area contributed by atoms with Gasteiger partial charge < -0.3 is 5.11 Å². The van der Waals surface area contributed by atoms with Crippen LogP contribution in [0.4, 0.5) is 0 Å². The summed E-state index contributed by atoms with van der Waals surface area (Å²) in [7, 11) is 0. The average Bonchev–Trinajstić information content (AvgIpc) is 2.98. The van der Waals surface area contributed by atoms with E-state index < -0.39 is 11.5 Å². The second-order valence-electron chi connectivity index (χ2n) is 4.59. The Morgan fingerprint density at radius 3 is 3.12 bits per heavy atom. The molecule has 0 saturated heterocycles. The van der Waals surface area contributed by atoms with Crippen LogP contribution in [0.5, 0.6) is 0 Å². The number of thiazole rings is 1. The molecule has 1 saturated carbocycles. The van der Waals surface area contributed by atoms with Crippen molar-refractivity contribution in [3.8, 4) is 6.07 Å². The van der Waals surface area contributed by atoms with E-state index in [4.69, 9.17) is 0 Å². The van der Waals surface area contributed by atoms with Crippen molar-refractivity contribution in [1.82, 2.24) is 4.98 Å². The molecule has 1 fully saturated rings. The van der Waals surface area contributed by atoms with Gasteiger partial charge in [-0.1, -0.05) is 13.3 Å². The summed E-state index contributed by atoms with van der Waals surface area (Å²) in [5.74, 6) is 0.585. The van der Waals surface area contributed by atoms with Gasteiger partial charge in [0.15, 0.2) is 0 Å². The third-order valence-electron chi connectivity index (χ3n) is 3.70. The lowest BCUT2D eigenvalue weighted by molar-refractivity contribution is 0.0670. The maximum absolute atomic E-state index is 10.3. The molecule has 1 aromatic rings. The van der Waals surface area contributed by atoms with E-state index in [1.54, 1.807) is 11.7 Å². The molecular formula is C12H16N2OS. The summed E-state index contributed by atoms with van der Waals surface area (Å²) < 4.78 is 0. The average molecular weight is 236 g/mol. The van der Waals surface area contributed by atoms with Crippen LogP contribution in [-0.2, 0) is 0 Å². The molecule has 1 N–H and O–H groups in total. The second kappa shape index (κ2) is 4.52. The molecule has 0 aliphatic heterocycles. The number of hydrogen-bond acceptors (Lipinski definition) is 4. The molecule has 2 rings (SSSR count).